The molecule has 0 spiro atoms. The Hall–Kier alpha value is -3.41. The van der Waals surface area contributed by atoms with Crippen molar-refractivity contribution in [3.63, 3.8) is 0 Å². The molecular weight excluding hydrogens is 448 g/mol. The van der Waals surface area contributed by atoms with Crippen molar-refractivity contribution in [3.8, 4) is 11.1 Å². The third kappa shape index (κ3) is 5.69. The molecule has 36 heavy (non-hydrogen) atoms. The van der Waals surface area contributed by atoms with Gasteiger partial charge in [-0.05, 0) is 79.6 Å². The molecule has 2 N–H and O–H groups in total. The van der Waals surface area contributed by atoms with Gasteiger partial charge in [-0.25, -0.2) is 4.99 Å². The van der Waals surface area contributed by atoms with Gasteiger partial charge in [0.15, 0.2) is 0 Å². The maximum Gasteiger partial charge on any atom is 0.253 e. The molecule has 4 rings (SSSR count). The van der Waals surface area contributed by atoms with E-state index >= 15 is 0 Å². The zero-order chi connectivity index (χ0) is 25.7. The van der Waals surface area contributed by atoms with Crippen LogP contribution in [0.5, 0.6) is 0 Å². The van der Waals surface area contributed by atoms with Crippen LogP contribution in [0.2, 0.25) is 0 Å². The third-order valence-electron chi connectivity index (χ3n) is 7.01. The second kappa shape index (κ2) is 11.5. The molecular formula is C30H38N4O2. The van der Waals surface area contributed by atoms with Crippen molar-refractivity contribution in [2.45, 2.75) is 59.3 Å². The molecule has 0 bridgehead atoms. The maximum atomic E-state index is 13.4. The van der Waals surface area contributed by atoms with Crippen LogP contribution < -0.4 is 5.73 Å². The van der Waals surface area contributed by atoms with E-state index in [2.05, 4.69) is 31.8 Å². The SMILES string of the molecule is CCCCN(CCC)C(=O)C1=Cc2cc(C)c(-c3ccc(C(=O)N4CCCC4)cc3)cc2N=C(N)C1. The molecule has 0 radical (unpaired) electrons. The smallest absolute Gasteiger partial charge is 0.253 e. The number of rotatable bonds is 8. The van der Waals surface area contributed by atoms with E-state index in [1.807, 2.05) is 46.2 Å². The standard InChI is InChI=1S/C30H38N4O2/c1-4-6-14-33(13-5-2)30(36)25-18-24-17-21(3)26(20-27(24)32-28(31)19-25)22-9-11-23(12-10-22)29(35)34-15-7-8-16-34/h9-12,17-18,20H,4-8,13-16,19H2,1-3H3,(H2,31,32). The van der Waals surface area contributed by atoms with Crippen LogP contribution in [0.25, 0.3) is 17.2 Å². The first kappa shape index (κ1) is 25.7. The summed E-state index contributed by atoms with van der Waals surface area (Å²) in [7, 11) is 0. The number of likely N-dealkylation sites (tertiary alicyclic amines) is 1. The zero-order valence-electron chi connectivity index (χ0n) is 21.8. The summed E-state index contributed by atoms with van der Waals surface area (Å²) in [4.78, 5) is 34.6. The predicted molar refractivity (Wildman–Crippen MR) is 147 cm³/mol. The van der Waals surface area contributed by atoms with Gasteiger partial charge < -0.3 is 15.5 Å². The van der Waals surface area contributed by atoms with E-state index in [4.69, 9.17) is 5.73 Å². The van der Waals surface area contributed by atoms with Crippen molar-refractivity contribution in [1.29, 1.82) is 0 Å². The van der Waals surface area contributed by atoms with Crippen LogP contribution in [0.4, 0.5) is 5.69 Å². The first-order valence-electron chi connectivity index (χ1n) is 13.3. The minimum atomic E-state index is 0.0521. The lowest BCUT2D eigenvalue weighted by Crippen LogP contribution is -2.34. The molecule has 2 heterocycles. The van der Waals surface area contributed by atoms with Crippen molar-refractivity contribution in [2.24, 2.45) is 10.7 Å². The molecule has 2 aliphatic heterocycles. The van der Waals surface area contributed by atoms with Gasteiger partial charge in [0.1, 0.15) is 5.84 Å². The fourth-order valence-corrected chi connectivity index (χ4v) is 5.04. The molecule has 6 nitrogen and oxygen atoms in total. The van der Waals surface area contributed by atoms with Gasteiger partial charge in [-0.3, -0.25) is 9.59 Å². The van der Waals surface area contributed by atoms with E-state index in [-0.39, 0.29) is 11.8 Å². The number of aryl methyl sites for hydroxylation is 1. The summed E-state index contributed by atoms with van der Waals surface area (Å²) >= 11 is 0. The Morgan fingerprint density at radius 1 is 1.03 bits per heavy atom. The van der Waals surface area contributed by atoms with Crippen molar-refractivity contribution in [3.05, 3.63) is 58.7 Å². The summed E-state index contributed by atoms with van der Waals surface area (Å²) in [5.41, 5.74) is 12.5. The Balaban J connectivity index is 1.62. The van der Waals surface area contributed by atoms with Crippen LogP contribution in [0, 0.1) is 6.92 Å². The molecule has 6 heteroatoms. The number of nitrogens with two attached hydrogens (primary N) is 1. The van der Waals surface area contributed by atoms with E-state index in [0.717, 1.165) is 91.8 Å². The molecule has 1 fully saturated rings. The maximum absolute atomic E-state index is 13.4. The summed E-state index contributed by atoms with van der Waals surface area (Å²) < 4.78 is 0. The van der Waals surface area contributed by atoms with E-state index in [1.54, 1.807) is 0 Å². The van der Waals surface area contributed by atoms with E-state index in [9.17, 15) is 9.59 Å². The van der Waals surface area contributed by atoms with Gasteiger partial charge in [-0.2, -0.15) is 0 Å². The molecule has 2 aromatic carbocycles. The number of carbonyl (C=O) groups excluding carboxylic acids is 2. The highest BCUT2D eigenvalue weighted by atomic mass is 16.2. The van der Waals surface area contributed by atoms with Gasteiger partial charge in [0.05, 0.1) is 5.69 Å². The fourth-order valence-electron chi connectivity index (χ4n) is 5.04. The van der Waals surface area contributed by atoms with Gasteiger partial charge in [-0.15, -0.1) is 0 Å². The van der Waals surface area contributed by atoms with Gasteiger partial charge in [0.25, 0.3) is 5.91 Å². The van der Waals surface area contributed by atoms with Crippen LogP contribution in [0.1, 0.15) is 73.9 Å². The number of nitrogens with zero attached hydrogens (tertiary/aromatic N) is 3. The second-order valence-electron chi connectivity index (χ2n) is 9.90. The number of hydrogen-bond acceptors (Lipinski definition) is 4. The van der Waals surface area contributed by atoms with E-state index < -0.39 is 0 Å². The number of amidine groups is 1. The molecule has 0 aliphatic carbocycles. The Kier molecular flexibility index (Phi) is 8.24. The lowest BCUT2D eigenvalue weighted by molar-refractivity contribution is -0.127. The van der Waals surface area contributed by atoms with Crippen LogP contribution in [0.15, 0.2) is 47.0 Å². The second-order valence-corrected chi connectivity index (χ2v) is 9.90. The van der Waals surface area contributed by atoms with Crippen molar-refractivity contribution >= 4 is 29.4 Å². The quantitative estimate of drug-likeness (QED) is 0.519. The monoisotopic (exact) mass is 486 g/mol. The topological polar surface area (TPSA) is 79.0 Å². The van der Waals surface area contributed by atoms with E-state index in [0.29, 0.717) is 17.8 Å². The fraction of sp³-hybridized carbons (Fsp3) is 0.433. The van der Waals surface area contributed by atoms with Crippen molar-refractivity contribution < 1.29 is 9.59 Å². The van der Waals surface area contributed by atoms with Crippen LogP contribution in [0.3, 0.4) is 0 Å². The molecule has 2 aromatic rings. The minimum absolute atomic E-state index is 0.0521. The minimum Gasteiger partial charge on any atom is -0.387 e. The van der Waals surface area contributed by atoms with Gasteiger partial charge in [0.2, 0.25) is 5.91 Å². The van der Waals surface area contributed by atoms with Crippen molar-refractivity contribution in [2.75, 3.05) is 26.2 Å². The lowest BCUT2D eigenvalue weighted by atomic mass is 9.95. The molecule has 0 atom stereocenters. The molecule has 1 saturated heterocycles. The first-order valence-corrected chi connectivity index (χ1v) is 13.3. The van der Waals surface area contributed by atoms with Gasteiger partial charge in [-0.1, -0.05) is 32.4 Å². The molecule has 2 amide bonds. The first-order chi connectivity index (χ1) is 17.4. The number of benzene rings is 2. The van der Waals surface area contributed by atoms with E-state index in [1.165, 1.54) is 0 Å². The van der Waals surface area contributed by atoms with Crippen molar-refractivity contribution in [1.82, 2.24) is 9.80 Å². The molecule has 0 unspecified atom stereocenters. The summed E-state index contributed by atoms with van der Waals surface area (Å²) in [5, 5.41) is 0. The number of unbranched alkanes of at least 4 members (excludes halogenated alkanes) is 1. The zero-order valence-corrected chi connectivity index (χ0v) is 21.8. The van der Waals surface area contributed by atoms with Crippen LogP contribution >= 0.6 is 0 Å². The average Bonchev–Trinajstić information content (AvgIpc) is 3.36. The largest absolute Gasteiger partial charge is 0.387 e. The summed E-state index contributed by atoms with van der Waals surface area (Å²) in [5.74, 6) is 0.603. The molecule has 2 aliphatic rings. The molecule has 190 valence electrons. The number of carbonyl (C=O) groups is 2. The highest BCUT2D eigenvalue weighted by Gasteiger charge is 2.22. The Morgan fingerprint density at radius 3 is 2.42 bits per heavy atom. The third-order valence-corrected chi connectivity index (χ3v) is 7.01. The number of amides is 2. The predicted octanol–water partition coefficient (Wildman–Crippen LogP) is 5.71. The lowest BCUT2D eigenvalue weighted by Gasteiger charge is -2.23. The van der Waals surface area contributed by atoms with Gasteiger partial charge in [0, 0.05) is 49.3 Å². The summed E-state index contributed by atoms with van der Waals surface area (Å²) in [6, 6.07) is 12.0. The number of hydrogen-bond donors (Lipinski definition) is 1. The Bertz CT molecular complexity index is 1170. The Labute approximate surface area is 214 Å². The van der Waals surface area contributed by atoms with Crippen LogP contribution in [-0.4, -0.2) is 53.6 Å². The summed E-state index contributed by atoms with van der Waals surface area (Å²) in [6.45, 7) is 9.50. The number of aliphatic imine (C=N–C) groups is 1. The van der Waals surface area contributed by atoms with Gasteiger partial charge >= 0.3 is 0 Å². The Morgan fingerprint density at radius 2 is 1.75 bits per heavy atom. The van der Waals surface area contributed by atoms with Crippen LogP contribution in [-0.2, 0) is 4.79 Å². The molecule has 0 aromatic heterocycles. The highest BCUT2D eigenvalue weighted by molar-refractivity contribution is 6.05. The summed E-state index contributed by atoms with van der Waals surface area (Å²) in [6.07, 6.45) is 7.44. The average molecular weight is 487 g/mol. The molecule has 0 saturated carbocycles. The normalized spacial score (nSPS) is 15.1. The highest BCUT2D eigenvalue weighted by Crippen LogP contribution is 2.35. The number of fused-ring (bicyclic) bond motifs is 1.